The van der Waals surface area contributed by atoms with E-state index in [9.17, 15) is 0 Å². The number of ether oxygens (including phenoxy) is 1. The molecule has 1 aromatic carbocycles. The van der Waals surface area contributed by atoms with Crippen molar-refractivity contribution in [1.29, 1.82) is 0 Å². The Balaban J connectivity index is 0.00000171. The minimum Gasteiger partial charge on any atom is -0.485 e. The van der Waals surface area contributed by atoms with Crippen molar-refractivity contribution in [3.05, 3.63) is 78.0 Å². The summed E-state index contributed by atoms with van der Waals surface area (Å²) >= 11 is 3.29. The van der Waals surface area contributed by atoms with Crippen LogP contribution in [0.15, 0.2) is 71.6 Å². The summed E-state index contributed by atoms with van der Waals surface area (Å²) < 4.78 is 8.18. The smallest absolute Gasteiger partial charge is 0.188 e. The second-order valence-electron chi connectivity index (χ2n) is 6.36. The molecule has 0 radical (unpaired) electrons. The van der Waals surface area contributed by atoms with Gasteiger partial charge in [-0.2, -0.15) is 0 Å². The first-order valence-electron chi connectivity index (χ1n) is 9.21. The van der Waals surface area contributed by atoms with Gasteiger partial charge in [0.05, 0.1) is 12.0 Å². The van der Waals surface area contributed by atoms with E-state index in [0.29, 0.717) is 18.2 Å². The van der Waals surface area contributed by atoms with Gasteiger partial charge in [-0.15, -0.1) is 47.9 Å². The Kier molecular flexibility index (Phi) is 10.1. The van der Waals surface area contributed by atoms with Crippen molar-refractivity contribution in [1.82, 2.24) is 19.5 Å². The summed E-state index contributed by atoms with van der Waals surface area (Å²) in [6.45, 7) is 3.35. The van der Waals surface area contributed by atoms with Crippen molar-refractivity contribution in [3.8, 4) is 5.75 Å². The highest BCUT2D eigenvalue weighted by molar-refractivity contribution is 7.99. The number of halogens is 2. The summed E-state index contributed by atoms with van der Waals surface area (Å²) in [7, 11) is 0. The first-order valence-corrected chi connectivity index (χ1v) is 11.1. The van der Waals surface area contributed by atoms with E-state index in [1.807, 2.05) is 55.3 Å². The Bertz CT molecular complexity index is 1050. The van der Waals surface area contributed by atoms with Gasteiger partial charge in [0.15, 0.2) is 16.7 Å². The molecule has 6 nitrogen and oxygen atoms in total. The fraction of sp³-hybridized carbons (Fsp3) is 0.190. The SMILES string of the molecule is Cc1csc(Nc2ncc(SCCn3ccnc3)cc2OCc2ccccc2)n1.Cl.Cl. The molecule has 0 aliphatic carbocycles. The fourth-order valence-electron chi connectivity index (χ4n) is 2.65. The molecule has 4 rings (SSSR count). The molecule has 0 saturated carbocycles. The van der Waals surface area contributed by atoms with Crippen molar-refractivity contribution in [2.24, 2.45) is 0 Å². The Hall–Kier alpha value is -2.26. The molecule has 1 N–H and O–H groups in total. The number of nitrogens with zero attached hydrogens (tertiary/aromatic N) is 4. The Labute approximate surface area is 202 Å². The molecule has 0 fully saturated rings. The van der Waals surface area contributed by atoms with Crippen LogP contribution in [0.4, 0.5) is 10.9 Å². The number of imidazole rings is 1. The van der Waals surface area contributed by atoms with Gasteiger partial charge in [0.2, 0.25) is 0 Å². The quantitative estimate of drug-likeness (QED) is 0.287. The molecule has 0 amide bonds. The molecule has 0 atom stereocenters. The van der Waals surface area contributed by atoms with Gasteiger partial charge in [0, 0.05) is 41.2 Å². The van der Waals surface area contributed by atoms with Crippen LogP contribution in [0.25, 0.3) is 0 Å². The Morgan fingerprint density at radius 3 is 2.74 bits per heavy atom. The third-order valence-corrected chi connectivity index (χ3v) is 5.91. The summed E-state index contributed by atoms with van der Waals surface area (Å²) in [5.41, 5.74) is 2.10. The molecule has 0 unspecified atom stereocenters. The summed E-state index contributed by atoms with van der Waals surface area (Å²) in [4.78, 5) is 14.2. The zero-order valence-electron chi connectivity index (χ0n) is 16.8. The maximum atomic E-state index is 6.12. The van der Waals surface area contributed by atoms with Crippen LogP contribution < -0.4 is 10.1 Å². The van der Waals surface area contributed by atoms with Crippen LogP contribution in [0.1, 0.15) is 11.3 Å². The molecule has 4 aromatic rings. The van der Waals surface area contributed by atoms with E-state index in [4.69, 9.17) is 4.74 Å². The standard InChI is InChI=1S/C21H21N5OS2.2ClH/c1-16-14-29-21(24-16)25-20-19(27-13-17-5-3-2-4-6-17)11-18(12-23-20)28-10-9-26-8-7-22-15-26;;/h2-8,11-12,14-15H,9-10,13H2,1H3,(H,23,24,25);2*1H. The van der Waals surface area contributed by atoms with Crippen molar-refractivity contribution < 1.29 is 4.74 Å². The van der Waals surface area contributed by atoms with Crippen molar-refractivity contribution in [3.63, 3.8) is 0 Å². The molecule has 0 aliphatic rings. The number of thiazole rings is 1. The monoisotopic (exact) mass is 495 g/mol. The number of rotatable bonds is 9. The zero-order valence-corrected chi connectivity index (χ0v) is 20.1. The summed E-state index contributed by atoms with van der Waals surface area (Å²) in [5, 5.41) is 6.10. The molecular weight excluding hydrogens is 473 g/mol. The summed E-state index contributed by atoms with van der Waals surface area (Å²) in [5.74, 6) is 2.32. The molecule has 3 aromatic heterocycles. The van der Waals surface area contributed by atoms with Crippen LogP contribution in [0.5, 0.6) is 5.75 Å². The fourth-order valence-corrected chi connectivity index (χ4v) is 4.19. The van der Waals surface area contributed by atoms with Crippen molar-refractivity contribution >= 4 is 58.9 Å². The molecule has 10 heteroatoms. The molecule has 164 valence electrons. The highest BCUT2D eigenvalue weighted by atomic mass is 35.5. The van der Waals surface area contributed by atoms with Crippen LogP contribution in [-0.4, -0.2) is 25.3 Å². The van der Waals surface area contributed by atoms with Gasteiger partial charge in [0.1, 0.15) is 6.61 Å². The Morgan fingerprint density at radius 1 is 1.19 bits per heavy atom. The van der Waals surface area contributed by atoms with E-state index in [1.165, 1.54) is 0 Å². The maximum Gasteiger partial charge on any atom is 0.188 e. The van der Waals surface area contributed by atoms with Gasteiger partial charge in [-0.1, -0.05) is 30.3 Å². The van der Waals surface area contributed by atoms with Crippen LogP contribution in [0, 0.1) is 6.92 Å². The highest BCUT2D eigenvalue weighted by Gasteiger charge is 2.11. The normalized spacial score (nSPS) is 10.1. The van der Waals surface area contributed by atoms with Crippen LogP contribution in [0.2, 0.25) is 0 Å². The number of thioether (sulfide) groups is 1. The van der Waals surface area contributed by atoms with Crippen molar-refractivity contribution in [2.75, 3.05) is 11.1 Å². The Morgan fingerprint density at radius 2 is 2.03 bits per heavy atom. The summed E-state index contributed by atoms with van der Waals surface area (Å²) in [6.07, 6.45) is 7.46. The van der Waals surface area contributed by atoms with Crippen LogP contribution in [0.3, 0.4) is 0 Å². The lowest BCUT2D eigenvalue weighted by Gasteiger charge is -2.13. The van der Waals surface area contributed by atoms with Gasteiger partial charge in [0.25, 0.3) is 0 Å². The number of pyridine rings is 1. The predicted octanol–water partition coefficient (Wildman–Crippen LogP) is 6.00. The predicted molar refractivity (Wildman–Crippen MR) is 133 cm³/mol. The second kappa shape index (κ2) is 12.6. The molecule has 0 spiro atoms. The number of nitrogens with one attached hydrogen (secondary N) is 1. The third-order valence-electron chi connectivity index (χ3n) is 4.09. The highest BCUT2D eigenvalue weighted by Crippen LogP contribution is 2.32. The number of benzene rings is 1. The van der Waals surface area contributed by atoms with Crippen LogP contribution in [-0.2, 0) is 13.2 Å². The van der Waals surface area contributed by atoms with Gasteiger partial charge in [-0.3, -0.25) is 0 Å². The number of aryl methyl sites for hydroxylation is 2. The van der Waals surface area contributed by atoms with Crippen LogP contribution >= 0.6 is 47.9 Å². The minimum absolute atomic E-state index is 0. The zero-order chi connectivity index (χ0) is 19.9. The topological polar surface area (TPSA) is 64.9 Å². The summed E-state index contributed by atoms with van der Waals surface area (Å²) in [6, 6.07) is 12.2. The lowest BCUT2D eigenvalue weighted by Crippen LogP contribution is -2.02. The molecule has 3 heterocycles. The number of anilines is 2. The first kappa shape index (κ1) is 25.0. The molecular formula is C21H23Cl2N5OS2. The van der Waals surface area contributed by atoms with E-state index in [-0.39, 0.29) is 24.8 Å². The largest absolute Gasteiger partial charge is 0.485 e. The van der Waals surface area contributed by atoms with E-state index >= 15 is 0 Å². The molecule has 31 heavy (non-hydrogen) atoms. The van der Waals surface area contributed by atoms with E-state index < -0.39 is 0 Å². The van der Waals surface area contributed by atoms with E-state index in [0.717, 1.165) is 33.6 Å². The maximum absolute atomic E-state index is 6.12. The molecule has 0 aliphatic heterocycles. The van der Waals surface area contributed by atoms with Gasteiger partial charge in [-0.25, -0.2) is 15.0 Å². The molecule has 0 saturated heterocycles. The lowest BCUT2D eigenvalue weighted by atomic mass is 10.2. The number of hydrogen-bond donors (Lipinski definition) is 1. The first-order chi connectivity index (χ1) is 14.3. The molecule has 0 bridgehead atoms. The third kappa shape index (κ3) is 7.43. The van der Waals surface area contributed by atoms with Crippen molar-refractivity contribution in [2.45, 2.75) is 25.0 Å². The van der Waals surface area contributed by atoms with E-state index in [2.05, 4.69) is 37.0 Å². The van der Waals surface area contributed by atoms with Gasteiger partial charge >= 0.3 is 0 Å². The average Bonchev–Trinajstić information content (AvgIpc) is 3.40. The lowest BCUT2D eigenvalue weighted by molar-refractivity contribution is 0.306. The van der Waals surface area contributed by atoms with E-state index in [1.54, 1.807) is 29.3 Å². The van der Waals surface area contributed by atoms with Gasteiger partial charge in [-0.05, 0) is 18.6 Å². The van der Waals surface area contributed by atoms with Gasteiger partial charge < -0.3 is 14.6 Å². The average molecular weight is 496 g/mol. The second-order valence-corrected chi connectivity index (χ2v) is 8.39. The number of aromatic nitrogens is 4. The number of hydrogen-bond acceptors (Lipinski definition) is 7. The minimum atomic E-state index is 0.